The van der Waals surface area contributed by atoms with Crippen molar-refractivity contribution >= 4 is 11.7 Å². The van der Waals surface area contributed by atoms with E-state index in [1.54, 1.807) is 6.07 Å². The van der Waals surface area contributed by atoms with Crippen molar-refractivity contribution in [1.29, 1.82) is 0 Å². The summed E-state index contributed by atoms with van der Waals surface area (Å²) in [6.07, 6.45) is 1.99. The molecule has 0 aromatic heterocycles. The Labute approximate surface area is 112 Å². The highest BCUT2D eigenvalue weighted by Crippen LogP contribution is 2.25. The number of nitrogens with zero attached hydrogens (tertiary/aromatic N) is 2. The molecule has 0 aliphatic carbocycles. The molecule has 4 nitrogen and oxygen atoms in total. The number of rotatable bonds is 3. The highest BCUT2D eigenvalue weighted by molar-refractivity contribution is 5.88. The monoisotopic (exact) mass is 266 g/mol. The fourth-order valence-electron chi connectivity index (χ4n) is 2.52. The third kappa shape index (κ3) is 3.04. The van der Waals surface area contributed by atoms with E-state index in [9.17, 15) is 9.18 Å². The summed E-state index contributed by atoms with van der Waals surface area (Å²) in [5, 5.41) is 8.82. The minimum absolute atomic E-state index is 0.00979. The van der Waals surface area contributed by atoms with E-state index in [2.05, 4.69) is 19.0 Å². The van der Waals surface area contributed by atoms with Crippen LogP contribution in [0.1, 0.15) is 23.2 Å². The van der Waals surface area contributed by atoms with Crippen molar-refractivity contribution in [2.24, 2.45) is 0 Å². The average Bonchev–Trinajstić information content (AvgIpc) is 2.38. The van der Waals surface area contributed by atoms with Gasteiger partial charge < -0.3 is 14.9 Å². The Morgan fingerprint density at radius 2 is 2.00 bits per heavy atom. The molecule has 19 heavy (non-hydrogen) atoms. The molecule has 1 saturated heterocycles. The van der Waals surface area contributed by atoms with E-state index in [0.717, 1.165) is 32.0 Å². The molecule has 1 aliphatic rings. The summed E-state index contributed by atoms with van der Waals surface area (Å²) in [5.74, 6) is -1.56. The van der Waals surface area contributed by atoms with Gasteiger partial charge >= 0.3 is 5.97 Å². The van der Waals surface area contributed by atoms with Crippen LogP contribution in [0.25, 0.3) is 0 Å². The minimum Gasteiger partial charge on any atom is -0.478 e. The maximum atomic E-state index is 13.9. The van der Waals surface area contributed by atoms with E-state index >= 15 is 0 Å². The van der Waals surface area contributed by atoms with Crippen LogP contribution in [-0.2, 0) is 0 Å². The first kappa shape index (κ1) is 13.8. The van der Waals surface area contributed by atoms with Crippen molar-refractivity contribution in [2.45, 2.75) is 18.9 Å². The first-order chi connectivity index (χ1) is 8.99. The lowest BCUT2D eigenvalue weighted by Gasteiger charge is -2.36. The van der Waals surface area contributed by atoms with Gasteiger partial charge in [-0.2, -0.15) is 0 Å². The Bertz CT molecular complexity index is 469. The fourth-order valence-corrected chi connectivity index (χ4v) is 2.52. The third-order valence-electron chi connectivity index (χ3n) is 3.73. The van der Waals surface area contributed by atoms with Crippen molar-refractivity contribution in [1.82, 2.24) is 4.90 Å². The number of benzene rings is 1. The summed E-state index contributed by atoms with van der Waals surface area (Å²) >= 11 is 0. The number of piperidine rings is 1. The molecule has 1 aromatic rings. The summed E-state index contributed by atoms with van der Waals surface area (Å²) in [7, 11) is 4.12. The average molecular weight is 266 g/mol. The molecule has 0 radical (unpaired) electrons. The highest BCUT2D eigenvalue weighted by Gasteiger charge is 2.22. The van der Waals surface area contributed by atoms with Crippen molar-refractivity contribution in [2.75, 3.05) is 32.1 Å². The molecule has 0 amide bonds. The van der Waals surface area contributed by atoms with Crippen molar-refractivity contribution in [3.05, 3.63) is 29.6 Å². The van der Waals surface area contributed by atoms with E-state index in [0.29, 0.717) is 11.7 Å². The molecule has 1 aliphatic heterocycles. The summed E-state index contributed by atoms with van der Waals surface area (Å²) in [5.41, 5.74) is 0.492. The Balaban J connectivity index is 2.09. The zero-order valence-corrected chi connectivity index (χ0v) is 11.3. The van der Waals surface area contributed by atoms with E-state index < -0.39 is 11.8 Å². The van der Waals surface area contributed by atoms with Crippen LogP contribution in [0.4, 0.5) is 10.1 Å². The van der Waals surface area contributed by atoms with Gasteiger partial charge in [-0.25, -0.2) is 9.18 Å². The van der Waals surface area contributed by atoms with Crippen LogP contribution in [-0.4, -0.2) is 49.2 Å². The Hall–Kier alpha value is -1.62. The largest absolute Gasteiger partial charge is 0.478 e. The lowest BCUT2D eigenvalue weighted by molar-refractivity contribution is 0.0696. The van der Waals surface area contributed by atoms with Crippen LogP contribution in [0.3, 0.4) is 0 Å². The quantitative estimate of drug-likeness (QED) is 0.909. The molecule has 1 heterocycles. The number of carboxylic acids is 1. The second kappa shape index (κ2) is 5.57. The smallest absolute Gasteiger partial charge is 0.335 e. The van der Waals surface area contributed by atoms with Crippen molar-refractivity contribution < 1.29 is 14.3 Å². The summed E-state index contributed by atoms with van der Waals surface area (Å²) < 4.78 is 13.9. The van der Waals surface area contributed by atoms with E-state index in [-0.39, 0.29) is 5.56 Å². The van der Waals surface area contributed by atoms with Crippen molar-refractivity contribution in [3.63, 3.8) is 0 Å². The van der Waals surface area contributed by atoms with Gasteiger partial charge in [0.1, 0.15) is 5.82 Å². The van der Waals surface area contributed by atoms with Gasteiger partial charge in [0.05, 0.1) is 11.3 Å². The fraction of sp³-hybridized carbons (Fsp3) is 0.500. The number of aromatic carboxylic acids is 1. The maximum absolute atomic E-state index is 13.9. The number of anilines is 1. The second-order valence-electron chi connectivity index (χ2n) is 5.15. The zero-order valence-electron chi connectivity index (χ0n) is 11.3. The van der Waals surface area contributed by atoms with Gasteiger partial charge in [-0.15, -0.1) is 0 Å². The molecule has 0 bridgehead atoms. The van der Waals surface area contributed by atoms with Gasteiger partial charge in [-0.05, 0) is 45.1 Å². The van der Waals surface area contributed by atoms with Gasteiger partial charge in [-0.1, -0.05) is 0 Å². The van der Waals surface area contributed by atoms with Gasteiger partial charge in [0.2, 0.25) is 0 Å². The van der Waals surface area contributed by atoms with Crippen LogP contribution >= 0.6 is 0 Å². The lowest BCUT2D eigenvalue weighted by Crippen LogP contribution is -2.42. The Morgan fingerprint density at radius 1 is 1.37 bits per heavy atom. The second-order valence-corrected chi connectivity index (χ2v) is 5.15. The third-order valence-corrected chi connectivity index (χ3v) is 3.73. The van der Waals surface area contributed by atoms with Gasteiger partial charge in [0.15, 0.2) is 0 Å². The molecule has 5 heteroatoms. The number of hydrogen-bond donors (Lipinski definition) is 1. The van der Waals surface area contributed by atoms with Crippen LogP contribution in [0.15, 0.2) is 18.2 Å². The topological polar surface area (TPSA) is 43.8 Å². The first-order valence-electron chi connectivity index (χ1n) is 6.43. The Morgan fingerprint density at radius 3 is 2.47 bits per heavy atom. The molecule has 0 spiro atoms. The van der Waals surface area contributed by atoms with E-state index in [1.165, 1.54) is 6.07 Å². The molecule has 0 saturated carbocycles. The van der Waals surface area contributed by atoms with Crippen molar-refractivity contribution in [3.8, 4) is 0 Å². The van der Waals surface area contributed by atoms with Crippen LogP contribution < -0.4 is 4.90 Å². The predicted molar refractivity (Wildman–Crippen MR) is 72.3 cm³/mol. The Kier molecular flexibility index (Phi) is 4.04. The molecule has 0 unspecified atom stereocenters. The van der Waals surface area contributed by atoms with Gasteiger partial charge in [0, 0.05) is 19.1 Å². The lowest BCUT2D eigenvalue weighted by atomic mass is 10.0. The number of carbonyl (C=O) groups is 1. The SMILES string of the molecule is CN(C)C1CCN(c2ccc(C(=O)O)cc2F)CC1. The highest BCUT2D eigenvalue weighted by atomic mass is 19.1. The van der Waals surface area contributed by atoms with Gasteiger partial charge in [0.25, 0.3) is 0 Å². The molecular formula is C14H19FN2O2. The molecule has 0 atom stereocenters. The minimum atomic E-state index is -1.10. The molecule has 104 valence electrons. The summed E-state index contributed by atoms with van der Waals surface area (Å²) in [4.78, 5) is 15.0. The molecule has 1 N–H and O–H groups in total. The number of carboxylic acid groups (broad SMARTS) is 1. The number of hydrogen-bond acceptors (Lipinski definition) is 3. The molecule has 1 fully saturated rings. The van der Waals surface area contributed by atoms with Gasteiger partial charge in [-0.3, -0.25) is 0 Å². The molecular weight excluding hydrogens is 247 g/mol. The molecule has 2 rings (SSSR count). The normalized spacial score (nSPS) is 16.9. The maximum Gasteiger partial charge on any atom is 0.335 e. The van der Waals surface area contributed by atoms with Crippen LogP contribution in [0.5, 0.6) is 0 Å². The summed E-state index contributed by atoms with van der Waals surface area (Å²) in [6, 6.07) is 4.65. The standard InChI is InChI=1S/C14H19FN2O2/c1-16(2)11-5-7-17(8-6-11)13-4-3-10(14(18)19)9-12(13)15/h3-4,9,11H,5-8H2,1-2H3,(H,18,19). The first-order valence-corrected chi connectivity index (χ1v) is 6.43. The van der Waals surface area contributed by atoms with E-state index in [1.807, 2.05) is 4.90 Å². The van der Waals surface area contributed by atoms with Crippen LogP contribution in [0, 0.1) is 5.82 Å². The predicted octanol–water partition coefficient (Wildman–Crippen LogP) is 2.05. The number of halogens is 1. The summed E-state index contributed by atoms with van der Waals surface area (Å²) in [6.45, 7) is 1.60. The van der Waals surface area contributed by atoms with E-state index in [4.69, 9.17) is 5.11 Å². The molecule has 1 aromatic carbocycles. The van der Waals surface area contributed by atoms with Crippen LogP contribution in [0.2, 0.25) is 0 Å². The zero-order chi connectivity index (χ0) is 14.0.